The SMILES string of the molecule is O=C1c2ccc(-c3cc(CN4CCC4)cc4cncn34)cc2CN1N1C(=O)CCCC1=O. The summed E-state index contributed by atoms with van der Waals surface area (Å²) in [6.07, 6.45) is 6.03. The minimum Gasteiger partial charge on any atom is -0.299 e. The Bertz CT molecular complexity index is 1260. The fourth-order valence-corrected chi connectivity index (χ4v) is 4.84. The van der Waals surface area contributed by atoms with Gasteiger partial charge in [0.05, 0.1) is 30.3 Å². The molecule has 3 aromatic rings. The number of imide groups is 1. The number of carbonyl (C=O) groups excluding carboxylic acids is 3. The van der Waals surface area contributed by atoms with E-state index >= 15 is 0 Å². The molecule has 3 aliphatic heterocycles. The molecule has 0 unspecified atom stereocenters. The summed E-state index contributed by atoms with van der Waals surface area (Å²) in [5, 5.41) is 2.35. The van der Waals surface area contributed by atoms with Gasteiger partial charge in [0, 0.05) is 24.9 Å². The van der Waals surface area contributed by atoms with Crippen LogP contribution >= 0.6 is 0 Å². The van der Waals surface area contributed by atoms with Gasteiger partial charge in [-0.3, -0.25) is 23.7 Å². The van der Waals surface area contributed by atoms with Crippen LogP contribution in [0.3, 0.4) is 0 Å². The Morgan fingerprint density at radius 3 is 2.50 bits per heavy atom. The Labute approximate surface area is 185 Å². The van der Waals surface area contributed by atoms with E-state index < -0.39 is 0 Å². The van der Waals surface area contributed by atoms with E-state index in [1.165, 1.54) is 17.0 Å². The molecule has 3 amide bonds. The predicted octanol–water partition coefficient (Wildman–Crippen LogP) is 2.62. The number of nitrogens with zero attached hydrogens (tertiary/aromatic N) is 5. The molecule has 0 N–H and O–H groups in total. The first-order valence-electron chi connectivity index (χ1n) is 11.1. The second kappa shape index (κ2) is 7.27. The maximum absolute atomic E-state index is 13.0. The molecular formula is C24H23N5O3. The van der Waals surface area contributed by atoms with Gasteiger partial charge in [0.2, 0.25) is 11.8 Å². The Morgan fingerprint density at radius 1 is 0.938 bits per heavy atom. The van der Waals surface area contributed by atoms with Gasteiger partial charge in [0.25, 0.3) is 5.91 Å². The Morgan fingerprint density at radius 2 is 1.75 bits per heavy atom. The summed E-state index contributed by atoms with van der Waals surface area (Å²) in [6.45, 7) is 3.39. The highest BCUT2D eigenvalue weighted by Crippen LogP contribution is 2.32. The van der Waals surface area contributed by atoms with E-state index in [2.05, 4.69) is 22.0 Å². The van der Waals surface area contributed by atoms with Gasteiger partial charge in [-0.05, 0) is 66.9 Å². The molecular weight excluding hydrogens is 406 g/mol. The fraction of sp³-hybridized carbons (Fsp3) is 0.333. The van der Waals surface area contributed by atoms with Crippen LogP contribution in [0.4, 0.5) is 0 Å². The van der Waals surface area contributed by atoms with Gasteiger partial charge >= 0.3 is 0 Å². The van der Waals surface area contributed by atoms with Gasteiger partial charge in [0.15, 0.2) is 0 Å². The molecule has 1 aromatic carbocycles. The van der Waals surface area contributed by atoms with Crippen LogP contribution < -0.4 is 0 Å². The zero-order valence-electron chi connectivity index (χ0n) is 17.7. The largest absolute Gasteiger partial charge is 0.299 e. The van der Waals surface area contributed by atoms with Gasteiger partial charge < -0.3 is 0 Å². The van der Waals surface area contributed by atoms with Gasteiger partial charge in [-0.15, -0.1) is 0 Å². The van der Waals surface area contributed by atoms with E-state index in [0.717, 1.165) is 47.0 Å². The molecule has 5 heterocycles. The van der Waals surface area contributed by atoms with Crippen LogP contribution in [0.15, 0.2) is 42.9 Å². The Balaban J connectivity index is 1.36. The van der Waals surface area contributed by atoms with Crippen molar-refractivity contribution in [2.75, 3.05) is 13.1 Å². The number of likely N-dealkylation sites (tertiary alicyclic amines) is 1. The number of piperidine rings is 1. The quantitative estimate of drug-likeness (QED) is 0.596. The highest BCUT2D eigenvalue weighted by atomic mass is 16.2. The lowest BCUT2D eigenvalue weighted by atomic mass is 10.0. The van der Waals surface area contributed by atoms with Crippen LogP contribution in [-0.2, 0) is 22.7 Å². The lowest BCUT2D eigenvalue weighted by molar-refractivity contribution is -0.163. The molecule has 0 aliphatic carbocycles. The van der Waals surface area contributed by atoms with Crippen molar-refractivity contribution in [2.24, 2.45) is 0 Å². The van der Waals surface area contributed by atoms with E-state index in [-0.39, 0.29) is 24.3 Å². The number of pyridine rings is 1. The highest BCUT2D eigenvalue weighted by molar-refractivity contribution is 6.04. The number of carbonyl (C=O) groups is 3. The smallest absolute Gasteiger partial charge is 0.273 e. The van der Waals surface area contributed by atoms with Gasteiger partial charge in [-0.25, -0.2) is 9.99 Å². The van der Waals surface area contributed by atoms with Gasteiger partial charge in [-0.2, -0.15) is 5.01 Å². The first-order chi connectivity index (χ1) is 15.6. The van der Waals surface area contributed by atoms with Crippen LogP contribution in [0, 0.1) is 0 Å². The average Bonchev–Trinajstić information content (AvgIpc) is 3.35. The van der Waals surface area contributed by atoms with Gasteiger partial charge in [-0.1, -0.05) is 6.07 Å². The second-order valence-electron chi connectivity index (χ2n) is 8.75. The topological polar surface area (TPSA) is 78.2 Å². The lowest BCUT2D eigenvalue weighted by Gasteiger charge is -2.32. The molecule has 0 spiro atoms. The van der Waals surface area contributed by atoms with Crippen molar-refractivity contribution in [2.45, 2.75) is 38.8 Å². The first kappa shape index (κ1) is 19.2. The number of hydrazine groups is 1. The standard InChI is InChI=1S/C24H23N5O3/c30-22-3-1-4-23(31)29(22)28-14-18-11-17(5-6-20(18)24(28)32)21-10-16(13-26-7-2-8-26)9-19-12-25-15-27(19)21/h5-6,9-12,15H,1-4,7-8,13-14H2. The maximum atomic E-state index is 13.0. The lowest BCUT2D eigenvalue weighted by Crippen LogP contribution is -2.51. The molecule has 2 saturated heterocycles. The van der Waals surface area contributed by atoms with E-state index in [1.807, 2.05) is 22.7 Å². The molecule has 32 heavy (non-hydrogen) atoms. The number of hydrogen-bond acceptors (Lipinski definition) is 5. The molecule has 3 aliphatic rings. The minimum atomic E-state index is -0.304. The van der Waals surface area contributed by atoms with Crippen LogP contribution in [0.5, 0.6) is 0 Å². The Kier molecular flexibility index (Phi) is 4.36. The van der Waals surface area contributed by atoms with Crippen molar-refractivity contribution >= 4 is 23.2 Å². The molecule has 2 fully saturated rings. The molecule has 0 saturated carbocycles. The normalized spacial score (nSPS) is 19.1. The molecule has 2 aromatic heterocycles. The first-order valence-corrected chi connectivity index (χ1v) is 11.1. The molecule has 8 nitrogen and oxygen atoms in total. The summed E-state index contributed by atoms with van der Waals surface area (Å²) in [6, 6.07) is 10.1. The third kappa shape index (κ3) is 3.02. The molecule has 6 rings (SSSR count). The third-order valence-electron chi connectivity index (χ3n) is 6.62. The third-order valence-corrected chi connectivity index (χ3v) is 6.62. The van der Waals surface area contributed by atoms with Gasteiger partial charge in [0.1, 0.15) is 0 Å². The van der Waals surface area contributed by atoms with Crippen molar-refractivity contribution in [3.8, 4) is 11.3 Å². The molecule has 162 valence electrons. The number of rotatable bonds is 4. The summed E-state index contributed by atoms with van der Waals surface area (Å²) in [5.74, 6) is -0.905. The van der Waals surface area contributed by atoms with Crippen molar-refractivity contribution in [3.63, 3.8) is 0 Å². The summed E-state index contributed by atoms with van der Waals surface area (Å²) in [5.41, 5.74) is 5.60. The second-order valence-corrected chi connectivity index (χ2v) is 8.75. The van der Waals surface area contributed by atoms with Crippen molar-refractivity contribution in [3.05, 3.63) is 59.5 Å². The van der Waals surface area contributed by atoms with E-state index in [1.54, 1.807) is 12.4 Å². The van der Waals surface area contributed by atoms with Crippen LogP contribution in [-0.4, -0.2) is 55.1 Å². The van der Waals surface area contributed by atoms with Crippen molar-refractivity contribution in [1.82, 2.24) is 24.3 Å². The number of imidazole rings is 1. The number of fused-ring (bicyclic) bond motifs is 2. The molecule has 0 atom stereocenters. The fourth-order valence-electron chi connectivity index (χ4n) is 4.84. The zero-order chi connectivity index (χ0) is 21.8. The van der Waals surface area contributed by atoms with E-state index in [4.69, 9.17) is 0 Å². The highest BCUT2D eigenvalue weighted by Gasteiger charge is 2.39. The number of aromatic nitrogens is 2. The molecule has 0 bridgehead atoms. The molecule has 0 radical (unpaired) electrons. The number of hydrogen-bond donors (Lipinski definition) is 0. The monoisotopic (exact) mass is 429 g/mol. The van der Waals surface area contributed by atoms with Crippen molar-refractivity contribution < 1.29 is 14.4 Å². The van der Waals surface area contributed by atoms with Crippen LogP contribution in [0.25, 0.3) is 16.8 Å². The van der Waals surface area contributed by atoms with E-state index in [0.29, 0.717) is 24.8 Å². The predicted molar refractivity (Wildman–Crippen MR) is 116 cm³/mol. The summed E-state index contributed by atoms with van der Waals surface area (Å²) in [7, 11) is 0. The van der Waals surface area contributed by atoms with Crippen LogP contribution in [0.2, 0.25) is 0 Å². The zero-order valence-corrected chi connectivity index (χ0v) is 17.7. The van der Waals surface area contributed by atoms with Crippen molar-refractivity contribution in [1.29, 1.82) is 0 Å². The Hall–Kier alpha value is -3.52. The summed E-state index contributed by atoms with van der Waals surface area (Å²) < 4.78 is 2.05. The summed E-state index contributed by atoms with van der Waals surface area (Å²) in [4.78, 5) is 44.4. The number of benzene rings is 1. The average molecular weight is 429 g/mol. The maximum Gasteiger partial charge on any atom is 0.273 e. The number of amides is 3. The van der Waals surface area contributed by atoms with Crippen LogP contribution in [0.1, 0.15) is 47.2 Å². The molecule has 8 heteroatoms. The summed E-state index contributed by atoms with van der Waals surface area (Å²) >= 11 is 0. The van der Waals surface area contributed by atoms with E-state index in [9.17, 15) is 14.4 Å². The minimum absolute atomic E-state index is 0.222.